The van der Waals surface area contributed by atoms with Gasteiger partial charge < -0.3 is 29.2 Å². The SMILES string of the molecule is COc1cc2[nH]cc(C(=O)Nc3ccccc3OC(C)C)c2c(OC)c1OC. The Hall–Kier alpha value is -3.35. The van der Waals surface area contributed by atoms with Crippen molar-refractivity contribution < 1.29 is 23.7 Å². The first-order chi connectivity index (χ1) is 13.5. The van der Waals surface area contributed by atoms with Crippen LogP contribution >= 0.6 is 0 Å². The van der Waals surface area contributed by atoms with E-state index in [1.54, 1.807) is 25.4 Å². The van der Waals surface area contributed by atoms with Gasteiger partial charge in [-0.15, -0.1) is 0 Å². The molecule has 0 fully saturated rings. The molecule has 2 N–H and O–H groups in total. The molecular weight excluding hydrogens is 360 g/mol. The van der Waals surface area contributed by atoms with Crippen LogP contribution in [0.2, 0.25) is 0 Å². The summed E-state index contributed by atoms with van der Waals surface area (Å²) in [5.41, 5.74) is 1.72. The lowest BCUT2D eigenvalue weighted by Gasteiger charge is -2.15. The maximum absolute atomic E-state index is 13.0. The fourth-order valence-electron chi connectivity index (χ4n) is 3.05. The molecule has 0 unspecified atom stereocenters. The maximum Gasteiger partial charge on any atom is 0.258 e. The van der Waals surface area contributed by atoms with Gasteiger partial charge in [0.2, 0.25) is 5.75 Å². The second-order valence-corrected chi connectivity index (χ2v) is 6.39. The van der Waals surface area contributed by atoms with Crippen molar-refractivity contribution in [1.82, 2.24) is 4.98 Å². The minimum atomic E-state index is -0.295. The molecule has 3 rings (SSSR count). The van der Waals surface area contributed by atoms with E-state index in [2.05, 4.69) is 10.3 Å². The molecule has 0 bridgehead atoms. The van der Waals surface area contributed by atoms with Gasteiger partial charge in [-0.25, -0.2) is 0 Å². The average molecular weight is 384 g/mol. The first-order valence-electron chi connectivity index (χ1n) is 8.87. The molecule has 1 heterocycles. The number of carbonyl (C=O) groups is 1. The minimum Gasteiger partial charge on any atom is -0.493 e. The molecule has 2 aromatic carbocycles. The summed E-state index contributed by atoms with van der Waals surface area (Å²) in [5, 5.41) is 3.53. The molecule has 0 radical (unpaired) electrons. The highest BCUT2D eigenvalue weighted by atomic mass is 16.5. The van der Waals surface area contributed by atoms with Gasteiger partial charge in [-0.2, -0.15) is 0 Å². The van der Waals surface area contributed by atoms with Crippen LogP contribution in [-0.4, -0.2) is 38.3 Å². The minimum absolute atomic E-state index is 0.0111. The van der Waals surface area contributed by atoms with E-state index in [1.807, 2.05) is 32.0 Å². The van der Waals surface area contributed by atoms with E-state index in [-0.39, 0.29) is 12.0 Å². The number of amides is 1. The van der Waals surface area contributed by atoms with Gasteiger partial charge >= 0.3 is 0 Å². The van der Waals surface area contributed by atoms with Gasteiger partial charge in [0.05, 0.1) is 49.6 Å². The Bertz CT molecular complexity index is 994. The Morgan fingerprint density at radius 2 is 1.71 bits per heavy atom. The van der Waals surface area contributed by atoms with Crippen LogP contribution in [0.25, 0.3) is 10.9 Å². The molecule has 0 aliphatic heterocycles. The summed E-state index contributed by atoms with van der Waals surface area (Å²) in [5.74, 6) is 1.68. The topological polar surface area (TPSA) is 81.8 Å². The van der Waals surface area contributed by atoms with Crippen molar-refractivity contribution in [3.8, 4) is 23.0 Å². The summed E-state index contributed by atoms with van der Waals surface area (Å²) < 4.78 is 22.1. The Balaban J connectivity index is 2.04. The predicted octanol–water partition coefficient (Wildman–Crippen LogP) is 4.23. The number of fused-ring (bicyclic) bond motifs is 1. The first kappa shape index (κ1) is 19.4. The zero-order valence-electron chi connectivity index (χ0n) is 16.6. The van der Waals surface area contributed by atoms with Gasteiger partial charge in [-0.1, -0.05) is 12.1 Å². The second kappa shape index (κ2) is 8.12. The van der Waals surface area contributed by atoms with E-state index >= 15 is 0 Å². The van der Waals surface area contributed by atoms with Crippen molar-refractivity contribution >= 4 is 22.5 Å². The lowest BCUT2D eigenvalue weighted by atomic mass is 10.1. The van der Waals surface area contributed by atoms with Crippen molar-refractivity contribution in [2.75, 3.05) is 26.6 Å². The normalized spacial score (nSPS) is 10.8. The molecular formula is C21H24N2O5. The summed E-state index contributed by atoms with van der Waals surface area (Å²) in [6, 6.07) is 9.08. The third-order valence-electron chi connectivity index (χ3n) is 4.21. The van der Waals surface area contributed by atoms with Crippen LogP contribution < -0.4 is 24.3 Å². The average Bonchev–Trinajstić information content (AvgIpc) is 3.11. The van der Waals surface area contributed by atoms with Crippen LogP contribution in [0.1, 0.15) is 24.2 Å². The number of methoxy groups -OCH3 is 3. The summed E-state index contributed by atoms with van der Waals surface area (Å²) in [6.07, 6.45) is 1.62. The van der Waals surface area contributed by atoms with Gasteiger partial charge in [-0.3, -0.25) is 4.79 Å². The number of aromatic nitrogens is 1. The molecule has 0 aliphatic carbocycles. The van der Waals surface area contributed by atoms with Crippen LogP contribution in [0.3, 0.4) is 0 Å². The number of anilines is 1. The molecule has 3 aromatic rings. The zero-order valence-corrected chi connectivity index (χ0v) is 16.6. The van der Waals surface area contributed by atoms with Gasteiger partial charge in [0.25, 0.3) is 5.91 Å². The van der Waals surface area contributed by atoms with Crippen LogP contribution in [0.15, 0.2) is 36.5 Å². The Kier molecular flexibility index (Phi) is 5.63. The third kappa shape index (κ3) is 3.55. The summed E-state index contributed by atoms with van der Waals surface area (Å²) in [6.45, 7) is 3.87. The Morgan fingerprint density at radius 1 is 1.00 bits per heavy atom. The van der Waals surface area contributed by atoms with Crippen LogP contribution in [-0.2, 0) is 0 Å². The number of aromatic amines is 1. The van der Waals surface area contributed by atoms with Gasteiger partial charge in [0.15, 0.2) is 11.5 Å². The van der Waals surface area contributed by atoms with Crippen LogP contribution in [0.4, 0.5) is 5.69 Å². The number of para-hydroxylation sites is 2. The highest BCUT2D eigenvalue weighted by molar-refractivity contribution is 6.15. The van der Waals surface area contributed by atoms with E-state index in [9.17, 15) is 4.79 Å². The number of nitrogens with one attached hydrogen (secondary N) is 2. The molecule has 1 aromatic heterocycles. The molecule has 1 amide bonds. The molecule has 7 nitrogen and oxygen atoms in total. The van der Waals surface area contributed by atoms with E-state index < -0.39 is 0 Å². The number of benzene rings is 2. The zero-order chi connectivity index (χ0) is 20.3. The van der Waals surface area contributed by atoms with E-state index in [4.69, 9.17) is 18.9 Å². The fraction of sp³-hybridized carbons (Fsp3) is 0.286. The van der Waals surface area contributed by atoms with Crippen molar-refractivity contribution in [3.63, 3.8) is 0 Å². The molecule has 0 saturated heterocycles. The fourth-order valence-corrected chi connectivity index (χ4v) is 3.05. The van der Waals surface area contributed by atoms with Gasteiger partial charge in [0, 0.05) is 12.3 Å². The van der Waals surface area contributed by atoms with E-state index in [0.717, 1.165) is 0 Å². The summed E-state index contributed by atoms with van der Waals surface area (Å²) >= 11 is 0. The van der Waals surface area contributed by atoms with Gasteiger partial charge in [-0.05, 0) is 26.0 Å². The number of rotatable bonds is 7. The number of ether oxygens (including phenoxy) is 4. The summed E-state index contributed by atoms with van der Waals surface area (Å²) in [7, 11) is 4.60. The van der Waals surface area contributed by atoms with E-state index in [1.165, 1.54) is 14.2 Å². The standard InChI is InChI=1S/C21H24N2O5/c1-12(2)28-16-9-7-6-8-14(16)23-21(24)13-11-22-15-10-17(25-3)19(26-4)20(27-5)18(13)15/h6-12,22H,1-5H3,(H,23,24). The lowest BCUT2D eigenvalue weighted by Crippen LogP contribution is -2.14. The van der Waals surface area contributed by atoms with Crippen molar-refractivity contribution in [1.29, 1.82) is 0 Å². The van der Waals surface area contributed by atoms with Crippen LogP contribution in [0, 0.1) is 0 Å². The smallest absolute Gasteiger partial charge is 0.258 e. The predicted molar refractivity (Wildman–Crippen MR) is 108 cm³/mol. The first-order valence-corrected chi connectivity index (χ1v) is 8.87. The highest BCUT2D eigenvalue weighted by Crippen LogP contribution is 2.44. The highest BCUT2D eigenvalue weighted by Gasteiger charge is 2.23. The lowest BCUT2D eigenvalue weighted by molar-refractivity contribution is 0.102. The molecule has 0 spiro atoms. The Morgan fingerprint density at radius 3 is 2.36 bits per heavy atom. The number of carbonyl (C=O) groups excluding carboxylic acids is 1. The van der Waals surface area contributed by atoms with Crippen LogP contribution in [0.5, 0.6) is 23.0 Å². The van der Waals surface area contributed by atoms with Crippen molar-refractivity contribution in [2.24, 2.45) is 0 Å². The molecule has 28 heavy (non-hydrogen) atoms. The molecule has 0 saturated carbocycles. The molecule has 148 valence electrons. The van der Waals surface area contributed by atoms with E-state index in [0.29, 0.717) is 45.2 Å². The molecule has 0 atom stereocenters. The monoisotopic (exact) mass is 384 g/mol. The molecule has 0 aliphatic rings. The quantitative estimate of drug-likeness (QED) is 0.637. The Labute approximate surface area is 163 Å². The van der Waals surface area contributed by atoms with Crippen molar-refractivity contribution in [2.45, 2.75) is 20.0 Å². The number of hydrogen-bond acceptors (Lipinski definition) is 5. The number of hydrogen-bond donors (Lipinski definition) is 2. The van der Waals surface area contributed by atoms with Crippen molar-refractivity contribution in [3.05, 3.63) is 42.1 Å². The maximum atomic E-state index is 13.0. The summed E-state index contributed by atoms with van der Waals surface area (Å²) in [4.78, 5) is 16.1. The largest absolute Gasteiger partial charge is 0.493 e. The number of H-pyrrole nitrogens is 1. The van der Waals surface area contributed by atoms with Gasteiger partial charge in [0.1, 0.15) is 5.75 Å². The third-order valence-corrected chi connectivity index (χ3v) is 4.21. The molecule has 7 heteroatoms. The second-order valence-electron chi connectivity index (χ2n) is 6.39.